The quantitative estimate of drug-likeness (QED) is 0.657. The Morgan fingerprint density at radius 3 is 2.69 bits per heavy atom. The van der Waals surface area contributed by atoms with Gasteiger partial charge in [0.05, 0.1) is 0 Å². The Balaban J connectivity index is 1.22. The van der Waals surface area contributed by atoms with E-state index in [1.807, 2.05) is 30.3 Å². The number of nitrogens with zero attached hydrogens (tertiary/aromatic N) is 3. The number of nitrogens with one attached hydrogen (secondary N) is 1. The third-order valence-electron chi connectivity index (χ3n) is 5.56. The van der Waals surface area contributed by atoms with Gasteiger partial charge in [0.25, 0.3) is 5.91 Å². The van der Waals surface area contributed by atoms with Crippen molar-refractivity contribution in [2.45, 2.75) is 13.3 Å². The van der Waals surface area contributed by atoms with Crippen LogP contribution >= 0.6 is 0 Å². The molecule has 1 saturated heterocycles. The number of fused-ring (bicyclic) bond motifs is 1. The highest BCUT2D eigenvalue weighted by Gasteiger charge is 2.17. The predicted molar refractivity (Wildman–Crippen MR) is 119 cm³/mol. The number of benzene rings is 2. The van der Waals surface area contributed by atoms with E-state index in [0.29, 0.717) is 12.2 Å². The van der Waals surface area contributed by atoms with E-state index in [9.17, 15) is 4.79 Å². The number of amides is 1. The molecule has 1 aliphatic heterocycles. The van der Waals surface area contributed by atoms with Crippen LogP contribution in [0.5, 0.6) is 0 Å². The largest absolute Gasteiger partial charge is 0.369 e. The molecule has 1 fully saturated rings. The second-order valence-corrected chi connectivity index (χ2v) is 7.66. The Morgan fingerprint density at radius 2 is 1.86 bits per heavy atom. The van der Waals surface area contributed by atoms with E-state index < -0.39 is 0 Å². The first-order chi connectivity index (χ1) is 14.2. The highest BCUT2D eigenvalue weighted by Crippen LogP contribution is 2.18. The summed E-state index contributed by atoms with van der Waals surface area (Å²) in [7, 11) is 0. The van der Waals surface area contributed by atoms with Crippen molar-refractivity contribution in [1.82, 2.24) is 15.2 Å². The lowest BCUT2D eigenvalue weighted by Gasteiger charge is -2.36. The molecule has 0 spiro atoms. The number of aromatic nitrogens is 1. The molecule has 0 radical (unpaired) electrons. The lowest BCUT2D eigenvalue weighted by atomic mass is 10.1. The van der Waals surface area contributed by atoms with Crippen molar-refractivity contribution in [2.75, 3.05) is 44.2 Å². The molecule has 1 N–H and O–H groups in total. The van der Waals surface area contributed by atoms with Crippen LogP contribution in [-0.4, -0.2) is 55.1 Å². The minimum atomic E-state index is -0.0916. The van der Waals surface area contributed by atoms with E-state index in [0.717, 1.165) is 49.9 Å². The molecule has 150 valence electrons. The van der Waals surface area contributed by atoms with Gasteiger partial charge in [0.15, 0.2) is 0 Å². The molecule has 1 amide bonds. The van der Waals surface area contributed by atoms with Crippen LogP contribution in [0.3, 0.4) is 0 Å². The number of piperazine rings is 1. The molecular weight excluding hydrogens is 360 g/mol. The fourth-order valence-electron chi connectivity index (χ4n) is 3.94. The third kappa shape index (κ3) is 4.74. The highest BCUT2D eigenvalue weighted by molar-refractivity contribution is 6.05. The summed E-state index contributed by atoms with van der Waals surface area (Å²) in [5.41, 5.74) is 3.13. The molecular formula is C24H28N4O. The number of carbonyl (C=O) groups is 1. The molecule has 2 aromatic carbocycles. The maximum Gasteiger partial charge on any atom is 0.270 e. The molecule has 2 heterocycles. The van der Waals surface area contributed by atoms with Gasteiger partial charge in [-0.05, 0) is 49.0 Å². The fourth-order valence-corrected chi connectivity index (χ4v) is 3.94. The van der Waals surface area contributed by atoms with Crippen molar-refractivity contribution < 1.29 is 4.79 Å². The lowest BCUT2D eigenvalue weighted by Crippen LogP contribution is -2.47. The van der Waals surface area contributed by atoms with E-state index in [4.69, 9.17) is 0 Å². The van der Waals surface area contributed by atoms with Crippen molar-refractivity contribution in [1.29, 1.82) is 0 Å². The number of aryl methyl sites for hydroxylation is 1. The minimum absolute atomic E-state index is 0.0916. The van der Waals surface area contributed by atoms with Gasteiger partial charge in [-0.2, -0.15) is 0 Å². The van der Waals surface area contributed by atoms with Crippen LogP contribution in [0, 0.1) is 6.92 Å². The summed E-state index contributed by atoms with van der Waals surface area (Å²) in [4.78, 5) is 21.8. The summed E-state index contributed by atoms with van der Waals surface area (Å²) in [6.07, 6.45) is 2.64. The number of rotatable bonds is 6. The van der Waals surface area contributed by atoms with Gasteiger partial charge in [-0.15, -0.1) is 0 Å². The summed E-state index contributed by atoms with van der Waals surface area (Å²) < 4.78 is 0. The van der Waals surface area contributed by atoms with Crippen LogP contribution in [0.4, 0.5) is 5.69 Å². The predicted octanol–water partition coefficient (Wildman–Crippen LogP) is 3.49. The Bertz CT molecular complexity index is 974. The van der Waals surface area contributed by atoms with Crippen LogP contribution in [-0.2, 0) is 0 Å². The Hall–Kier alpha value is -2.92. The molecule has 29 heavy (non-hydrogen) atoms. The molecule has 1 aromatic heterocycles. The molecule has 5 heteroatoms. The van der Waals surface area contributed by atoms with Crippen molar-refractivity contribution in [2.24, 2.45) is 0 Å². The van der Waals surface area contributed by atoms with Crippen LogP contribution in [0.15, 0.2) is 60.8 Å². The second kappa shape index (κ2) is 9.05. The number of hydrogen-bond donors (Lipinski definition) is 1. The second-order valence-electron chi connectivity index (χ2n) is 7.66. The van der Waals surface area contributed by atoms with E-state index in [-0.39, 0.29) is 5.91 Å². The molecule has 0 saturated carbocycles. The van der Waals surface area contributed by atoms with Gasteiger partial charge in [0.2, 0.25) is 0 Å². The zero-order valence-electron chi connectivity index (χ0n) is 17.0. The lowest BCUT2D eigenvalue weighted by molar-refractivity contribution is 0.0948. The average molecular weight is 389 g/mol. The molecule has 0 unspecified atom stereocenters. The first-order valence-corrected chi connectivity index (χ1v) is 10.4. The number of carbonyl (C=O) groups excluding carboxylic acids is 1. The topological polar surface area (TPSA) is 48.5 Å². The van der Waals surface area contributed by atoms with Crippen molar-refractivity contribution in [3.05, 3.63) is 72.1 Å². The maximum absolute atomic E-state index is 12.5. The first kappa shape index (κ1) is 19.4. The zero-order chi connectivity index (χ0) is 20.1. The van der Waals surface area contributed by atoms with Gasteiger partial charge in [0, 0.05) is 50.0 Å². The standard InChI is InChI=1S/C24H28N4O/c1-19-6-4-8-21(18-19)28-16-14-27(15-17-28)13-5-11-26-24(29)23-22-9-3-2-7-20(22)10-12-25-23/h2-4,6-10,12,18H,5,11,13-17H2,1H3,(H,26,29). The van der Waals surface area contributed by atoms with E-state index >= 15 is 0 Å². The first-order valence-electron chi connectivity index (χ1n) is 10.4. The minimum Gasteiger partial charge on any atom is -0.369 e. The summed E-state index contributed by atoms with van der Waals surface area (Å²) >= 11 is 0. The third-order valence-corrected chi connectivity index (χ3v) is 5.56. The van der Waals surface area contributed by atoms with Crippen LogP contribution in [0.25, 0.3) is 10.8 Å². The SMILES string of the molecule is Cc1cccc(N2CCN(CCCNC(=O)c3nccc4ccccc34)CC2)c1. The Kier molecular flexibility index (Phi) is 6.06. The van der Waals surface area contributed by atoms with E-state index in [1.165, 1.54) is 11.3 Å². The van der Waals surface area contributed by atoms with Crippen molar-refractivity contribution >= 4 is 22.4 Å². The van der Waals surface area contributed by atoms with Crippen molar-refractivity contribution in [3.8, 4) is 0 Å². The van der Waals surface area contributed by atoms with Crippen LogP contribution in [0.1, 0.15) is 22.5 Å². The van der Waals surface area contributed by atoms with Gasteiger partial charge < -0.3 is 10.2 Å². The van der Waals surface area contributed by atoms with Crippen LogP contribution in [0.2, 0.25) is 0 Å². The van der Waals surface area contributed by atoms with Crippen LogP contribution < -0.4 is 10.2 Å². The van der Waals surface area contributed by atoms with Gasteiger partial charge in [-0.3, -0.25) is 14.7 Å². The average Bonchev–Trinajstić information content (AvgIpc) is 2.76. The summed E-state index contributed by atoms with van der Waals surface area (Å²) in [5.74, 6) is -0.0916. The molecule has 3 aromatic rings. The molecule has 5 nitrogen and oxygen atoms in total. The van der Waals surface area contributed by atoms with Gasteiger partial charge >= 0.3 is 0 Å². The van der Waals surface area contributed by atoms with Gasteiger partial charge in [-0.25, -0.2) is 0 Å². The van der Waals surface area contributed by atoms with Gasteiger partial charge in [-0.1, -0.05) is 36.4 Å². The monoisotopic (exact) mass is 388 g/mol. The number of hydrogen-bond acceptors (Lipinski definition) is 4. The number of anilines is 1. The van der Waals surface area contributed by atoms with E-state index in [1.54, 1.807) is 6.20 Å². The Labute approximate surface area is 172 Å². The fraction of sp³-hybridized carbons (Fsp3) is 0.333. The van der Waals surface area contributed by atoms with E-state index in [2.05, 4.69) is 51.3 Å². The molecule has 0 aliphatic carbocycles. The maximum atomic E-state index is 12.5. The van der Waals surface area contributed by atoms with Crippen molar-refractivity contribution in [3.63, 3.8) is 0 Å². The Morgan fingerprint density at radius 1 is 1.03 bits per heavy atom. The summed E-state index contributed by atoms with van der Waals surface area (Å²) in [5, 5.41) is 4.98. The normalized spacial score (nSPS) is 14.9. The molecule has 4 rings (SSSR count). The smallest absolute Gasteiger partial charge is 0.270 e. The van der Waals surface area contributed by atoms with Gasteiger partial charge in [0.1, 0.15) is 5.69 Å². The molecule has 1 aliphatic rings. The summed E-state index contributed by atoms with van der Waals surface area (Å²) in [6, 6.07) is 18.5. The highest BCUT2D eigenvalue weighted by atomic mass is 16.1. The zero-order valence-corrected chi connectivity index (χ0v) is 17.0. The summed E-state index contributed by atoms with van der Waals surface area (Å²) in [6.45, 7) is 8.04. The molecule has 0 bridgehead atoms. The molecule has 0 atom stereocenters. The number of pyridine rings is 1.